The lowest BCUT2D eigenvalue weighted by Crippen LogP contribution is -2.33. The van der Waals surface area contributed by atoms with Crippen LogP contribution in [0.4, 0.5) is 0 Å². The topological polar surface area (TPSA) is 114 Å². The molecule has 0 atom stereocenters. The fraction of sp³-hybridized carbons (Fsp3) is 0.143. The van der Waals surface area contributed by atoms with Gasteiger partial charge in [-0.3, -0.25) is 9.59 Å². The Morgan fingerprint density at radius 1 is 1.14 bits per heavy atom. The number of hydrogen-bond acceptors (Lipinski definition) is 7. The molecule has 1 saturated heterocycles. The van der Waals surface area contributed by atoms with Gasteiger partial charge in [-0.05, 0) is 18.2 Å². The zero-order chi connectivity index (χ0) is 15.9. The second-order valence-electron chi connectivity index (χ2n) is 4.63. The van der Waals surface area contributed by atoms with E-state index in [0.29, 0.717) is 10.4 Å². The van der Waals surface area contributed by atoms with Crippen LogP contribution in [0.3, 0.4) is 0 Å². The summed E-state index contributed by atoms with van der Waals surface area (Å²) >= 11 is 0. The van der Waals surface area contributed by atoms with Crippen LogP contribution in [0.15, 0.2) is 33.5 Å². The van der Waals surface area contributed by atoms with Crippen LogP contribution in [0, 0.1) is 0 Å². The van der Waals surface area contributed by atoms with Gasteiger partial charge in [0.15, 0.2) is 0 Å². The maximum Gasteiger partial charge on any atom is 0.371 e. The maximum absolute atomic E-state index is 11.9. The molecule has 8 heteroatoms. The summed E-state index contributed by atoms with van der Waals surface area (Å²) < 4.78 is 4.91. The van der Waals surface area contributed by atoms with Crippen molar-refractivity contribution < 1.29 is 28.7 Å². The van der Waals surface area contributed by atoms with E-state index in [1.807, 2.05) is 0 Å². The Labute approximate surface area is 122 Å². The van der Waals surface area contributed by atoms with Gasteiger partial charge in [0, 0.05) is 24.3 Å². The van der Waals surface area contributed by atoms with Gasteiger partial charge in [-0.2, -0.15) is 0 Å². The van der Waals surface area contributed by atoms with Crippen LogP contribution in [-0.2, 0) is 14.4 Å². The minimum Gasteiger partial charge on any atom is -0.508 e. The lowest BCUT2D eigenvalue weighted by Gasteiger charge is -2.12. The first-order chi connectivity index (χ1) is 10.5. The van der Waals surface area contributed by atoms with E-state index >= 15 is 0 Å². The molecular weight excluding hydrogens is 294 g/mol. The number of aromatic hydroxyl groups is 1. The van der Waals surface area contributed by atoms with Gasteiger partial charge in [-0.25, -0.2) is 9.59 Å². The molecule has 3 rings (SSSR count). The van der Waals surface area contributed by atoms with E-state index < -0.39 is 29.0 Å². The zero-order valence-corrected chi connectivity index (χ0v) is 11.1. The standard InChI is InChI=1S/C14H9NO7/c16-8-2-1-7-5-9(13(19)21-10(7)6-8)14(20)22-15-11(17)3-4-12(15)18/h1-2,5-6,16H,3-4H2. The molecule has 0 aliphatic carbocycles. The largest absolute Gasteiger partial charge is 0.508 e. The van der Waals surface area contributed by atoms with E-state index in [-0.39, 0.29) is 24.2 Å². The normalized spacial score (nSPS) is 14.6. The minimum atomic E-state index is -1.16. The van der Waals surface area contributed by atoms with Crippen LogP contribution in [0.5, 0.6) is 5.75 Å². The van der Waals surface area contributed by atoms with Crippen molar-refractivity contribution in [2.45, 2.75) is 12.8 Å². The lowest BCUT2D eigenvalue weighted by atomic mass is 10.2. The number of benzene rings is 1. The summed E-state index contributed by atoms with van der Waals surface area (Å²) in [5.41, 5.74) is -1.36. The third-order valence-electron chi connectivity index (χ3n) is 3.12. The average molecular weight is 303 g/mol. The molecule has 1 aromatic carbocycles. The summed E-state index contributed by atoms with van der Waals surface area (Å²) in [6, 6.07) is 5.22. The first-order valence-electron chi connectivity index (χ1n) is 6.30. The highest BCUT2D eigenvalue weighted by Crippen LogP contribution is 2.20. The number of rotatable bonds is 2. The molecule has 2 amide bonds. The predicted molar refractivity (Wildman–Crippen MR) is 70.7 cm³/mol. The summed E-state index contributed by atoms with van der Waals surface area (Å²) in [6.45, 7) is 0. The third-order valence-corrected chi connectivity index (χ3v) is 3.12. The summed E-state index contributed by atoms with van der Waals surface area (Å²) in [7, 11) is 0. The molecular formula is C14H9NO7. The van der Waals surface area contributed by atoms with Crippen molar-refractivity contribution in [1.29, 1.82) is 0 Å². The van der Waals surface area contributed by atoms with Gasteiger partial charge in [-0.1, -0.05) is 0 Å². The van der Waals surface area contributed by atoms with Crippen molar-refractivity contribution in [3.05, 3.63) is 40.2 Å². The summed E-state index contributed by atoms with van der Waals surface area (Å²) in [5.74, 6) is -2.55. The van der Waals surface area contributed by atoms with Crippen LogP contribution in [-0.4, -0.2) is 28.0 Å². The number of phenolic OH excluding ortho intramolecular Hbond substituents is 1. The van der Waals surface area contributed by atoms with Crippen LogP contribution in [0.1, 0.15) is 23.2 Å². The van der Waals surface area contributed by atoms with E-state index in [1.54, 1.807) is 0 Å². The molecule has 22 heavy (non-hydrogen) atoms. The Hall–Kier alpha value is -3.16. The van der Waals surface area contributed by atoms with Crippen molar-refractivity contribution in [3.8, 4) is 5.75 Å². The molecule has 0 radical (unpaired) electrons. The van der Waals surface area contributed by atoms with Gasteiger partial charge < -0.3 is 14.4 Å². The van der Waals surface area contributed by atoms with Gasteiger partial charge in [0.1, 0.15) is 16.9 Å². The first kappa shape index (κ1) is 13.8. The van der Waals surface area contributed by atoms with Crippen LogP contribution in [0.25, 0.3) is 11.0 Å². The molecule has 1 fully saturated rings. The highest BCUT2D eigenvalue weighted by atomic mass is 16.7. The summed E-state index contributed by atoms with van der Waals surface area (Å²) in [5, 5.41) is 10.0. The van der Waals surface area contributed by atoms with E-state index in [1.165, 1.54) is 24.3 Å². The molecule has 2 aromatic rings. The monoisotopic (exact) mass is 303 g/mol. The Bertz CT molecular complexity index is 851. The number of amides is 2. The van der Waals surface area contributed by atoms with Crippen molar-refractivity contribution in [2.24, 2.45) is 0 Å². The number of fused-ring (bicyclic) bond motifs is 1. The number of carbonyl (C=O) groups is 3. The molecule has 1 aliphatic rings. The molecule has 0 spiro atoms. The number of imide groups is 1. The second-order valence-corrected chi connectivity index (χ2v) is 4.63. The van der Waals surface area contributed by atoms with E-state index in [9.17, 15) is 24.3 Å². The highest BCUT2D eigenvalue weighted by Gasteiger charge is 2.33. The number of nitrogens with zero attached hydrogens (tertiary/aromatic N) is 1. The van der Waals surface area contributed by atoms with Crippen molar-refractivity contribution in [2.75, 3.05) is 0 Å². The van der Waals surface area contributed by atoms with Gasteiger partial charge in [0.25, 0.3) is 11.8 Å². The second kappa shape index (κ2) is 4.99. The Morgan fingerprint density at radius 3 is 2.50 bits per heavy atom. The van der Waals surface area contributed by atoms with Gasteiger partial charge in [0.05, 0.1) is 0 Å². The van der Waals surface area contributed by atoms with E-state index in [0.717, 1.165) is 0 Å². The average Bonchev–Trinajstić information content (AvgIpc) is 2.78. The molecule has 1 aromatic heterocycles. The lowest BCUT2D eigenvalue weighted by molar-refractivity contribution is -0.172. The molecule has 0 unspecified atom stereocenters. The predicted octanol–water partition coefficient (Wildman–Crippen LogP) is 0.719. The number of phenols is 1. The zero-order valence-electron chi connectivity index (χ0n) is 11.1. The smallest absolute Gasteiger partial charge is 0.371 e. The Morgan fingerprint density at radius 2 is 1.82 bits per heavy atom. The minimum absolute atomic E-state index is 0.0439. The third kappa shape index (κ3) is 2.30. The van der Waals surface area contributed by atoms with E-state index in [4.69, 9.17) is 4.42 Å². The number of hydrogen-bond donors (Lipinski definition) is 1. The molecule has 0 bridgehead atoms. The van der Waals surface area contributed by atoms with Crippen LogP contribution in [0.2, 0.25) is 0 Å². The summed E-state index contributed by atoms with van der Waals surface area (Å²) in [6.07, 6.45) is -0.0879. The molecule has 2 heterocycles. The van der Waals surface area contributed by atoms with E-state index in [2.05, 4.69) is 4.84 Å². The summed E-state index contributed by atoms with van der Waals surface area (Å²) in [4.78, 5) is 51.2. The fourth-order valence-electron chi connectivity index (χ4n) is 2.03. The number of carbonyl (C=O) groups excluding carboxylic acids is 3. The maximum atomic E-state index is 11.9. The fourth-order valence-corrected chi connectivity index (χ4v) is 2.03. The van der Waals surface area contributed by atoms with Crippen LogP contribution < -0.4 is 5.63 Å². The molecule has 8 nitrogen and oxygen atoms in total. The SMILES string of the molecule is O=C(ON1C(=O)CCC1=O)c1cc2ccc(O)cc2oc1=O. The first-order valence-corrected chi connectivity index (χ1v) is 6.30. The molecule has 112 valence electrons. The van der Waals surface area contributed by atoms with Crippen LogP contribution >= 0.6 is 0 Å². The number of hydroxylamine groups is 2. The van der Waals surface area contributed by atoms with Gasteiger partial charge in [0.2, 0.25) is 0 Å². The molecule has 1 N–H and O–H groups in total. The molecule has 0 saturated carbocycles. The van der Waals surface area contributed by atoms with Crippen molar-refractivity contribution in [3.63, 3.8) is 0 Å². The molecule has 1 aliphatic heterocycles. The van der Waals surface area contributed by atoms with Gasteiger partial charge >= 0.3 is 11.6 Å². The highest BCUT2D eigenvalue weighted by molar-refractivity contribution is 6.03. The Kier molecular flexibility index (Phi) is 3.13. The van der Waals surface area contributed by atoms with Crippen molar-refractivity contribution in [1.82, 2.24) is 5.06 Å². The Balaban J connectivity index is 1.95. The van der Waals surface area contributed by atoms with Crippen molar-refractivity contribution >= 4 is 28.8 Å². The quantitative estimate of drug-likeness (QED) is 0.642. The van der Waals surface area contributed by atoms with Gasteiger partial charge in [-0.15, -0.1) is 5.06 Å².